The summed E-state index contributed by atoms with van der Waals surface area (Å²) in [6.07, 6.45) is 0.638. The molecule has 1 amide bonds. The predicted octanol–water partition coefficient (Wildman–Crippen LogP) is 0.768. The van der Waals surface area contributed by atoms with Crippen LogP contribution in [0.3, 0.4) is 0 Å². The molecule has 1 aromatic carbocycles. The Labute approximate surface area is 171 Å². The summed E-state index contributed by atoms with van der Waals surface area (Å²) in [5.74, 6) is 0.679. The third-order valence-electron chi connectivity index (χ3n) is 4.45. The van der Waals surface area contributed by atoms with E-state index in [1.165, 1.54) is 11.1 Å². The molecular weight excluding hydrogens is 412 g/mol. The van der Waals surface area contributed by atoms with E-state index in [0.29, 0.717) is 18.3 Å². The summed E-state index contributed by atoms with van der Waals surface area (Å²) < 4.78 is 1.96. The highest BCUT2D eigenvalue weighted by Crippen LogP contribution is 2.32. The number of hydrogen-bond acceptors (Lipinski definition) is 3. The Balaban J connectivity index is 0.00000338. The van der Waals surface area contributed by atoms with Crippen molar-refractivity contribution in [1.82, 2.24) is 0 Å². The molecule has 0 saturated carbocycles. The van der Waals surface area contributed by atoms with Gasteiger partial charge >= 0.3 is 0 Å². The molecule has 2 rings (SSSR count). The molecule has 0 fully saturated rings. The average molecular weight is 441 g/mol. The lowest BCUT2D eigenvalue weighted by molar-refractivity contribution is -0.685. The fourth-order valence-electron chi connectivity index (χ4n) is 2.98. The molecule has 0 aliphatic carbocycles. The lowest BCUT2D eigenvalue weighted by Crippen LogP contribution is -3.00. The van der Waals surface area contributed by atoms with E-state index < -0.39 is 0 Å². The molecule has 0 radical (unpaired) electrons. The van der Waals surface area contributed by atoms with E-state index in [2.05, 4.69) is 51.2 Å². The minimum Gasteiger partial charge on any atom is -1.00 e. The Hall–Kier alpha value is -1.24. The molecule has 144 valence electrons. The fourth-order valence-corrected chi connectivity index (χ4v) is 3.96. The van der Waals surface area contributed by atoms with Gasteiger partial charge in [-0.1, -0.05) is 57.2 Å². The second-order valence-corrected chi connectivity index (χ2v) is 7.94. The van der Waals surface area contributed by atoms with Gasteiger partial charge in [-0.2, -0.15) is 4.57 Å². The van der Waals surface area contributed by atoms with Crippen molar-refractivity contribution in [3.8, 4) is 0 Å². The molecule has 0 saturated heterocycles. The summed E-state index contributed by atoms with van der Waals surface area (Å²) in [7, 11) is 0. The first-order valence-electron chi connectivity index (χ1n) is 8.85. The van der Waals surface area contributed by atoms with Crippen LogP contribution >= 0.6 is 11.3 Å². The highest BCUT2D eigenvalue weighted by atomic mass is 79.9. The molecule has 2 aromatic rings. The lowest BCUT2D eigenvalue weighted by Gasteiger charge is -2.19. The van der Waals surface area contributed by atoms with Crippen molar-refractivity contribution >= 4 is 22.9 Å². The number of carbonyl (C=O) groups excluding carboxylic acids is 1. The Kier molecular flexibility index (Phi) is 8.93. The normalized spacial score (nSPS) is 10.9. The highest BCUT2D eigenvalue weighted by Gasteiger charge is 2.21. The van der Waals surface area contributed by atoms with Crippen molar-refractivity contribution in [1.29, 1.82) is 0 Å². The van der Waals surface area contributed by atoms with Crippen molar-refractivity contribution < 1.29 is 31.4 Å². The van der Waals surface area contributed by atoms with Crippen LogP contribution in [-0.2, 0) is 17.8 Å². The number of para-hydroxylation sites is 1. The zero-order valence-electron chi connectivity index (χ0n) is 16.2. The number of carbonyl (C=O) groups is 1. The van der Waals surface area contributed by atoms with Gasteiger partial charge in [-0.05, 0) is 23.0 Å². The van der Waals surface area contributed by atoms with Crippen LogP contribution in [0.1, 0.15) is 61.2 Å². The van der Waals surface area contributed by atoms with Crippen molar-refractivity contribution in [3.05, 3.63) is 45.4 Å². The summed E-state index contributed by atoms with van der Waals surface area (Å²) in [5.41, 5.74) is 6.31. The first-order valence-corrected chi connectivity index (χ1v) is 9.73. The van der Waals surface area contributed by atoms with Crippen LogP contribution in [0.25, 0.3) is 0 Å². The molecule has 0 aliphatic heterocycles. The summed E-state index contributed by atoms with van der Waals surface area (Å²) in [6.45, 7) is 11.0. The van der Waals surface area contributed by atoms with Crippen LogP contribution in [0, 0.1) is 6.92 Å². The maximum Gasteiger partial charge on any atom is 0.290 e. The molecule has 0 atom stereocenters. The SMILES string of the molecule is Cc1c(CCO)sc[n+]1CC(=O)Nc1c(C(C)C)cccc1C(C)C.[Br-]. The minimum atomic E-state index is -0.0172. The van der Waals surface area contributed by atoms with Crippen molar-refractivity contribution in [2.45, 2.75) is 59.4 Å². The number of nitrogens with one attached hydrogen (secondary N) is 1. The van der Waals surface area contributed by atoms with Gasteiger partial charge in [0.05, 0.1) is 4.88 Å². The Morgan fingerprint density at radius 1 is 1.19 bits per heavy atom. The van der Waals surface area contributed by atoms with Crippen LogP contribution in [-0.4, -0.2) is 17.6 Å². The molecule has 0 aliphatic rings. The van der Waals surface area contributed by atoms with Crippen LogP contribution in [0.5, 0.6) is 0 Å². The number of rotatable bonds is 7. The summed E-state index contributed by atoms with van der Waals surface area (Å²) in [5, 5.41) is 12.3. The second kappa shape index (κ2) is 10.2. The van der Waals surface area contributed by atoms with E-state index in [-0.39, 0.29) is 36.0 Å². The lowest BCUT2D eigenvalue weighted by atomic mass is 9.92. The molecule has 6 heteroatoms. The van der Waals surface area contributed by atoms with E-state index >= 15 is 0 Å². The molecule has 0 bridgehead atoms. The van der Waals surface area contributed by atoms with E-state index in [4.69, 9.17) is 5.11 Å². The quantitative estimate of drug-likeness (QED) is 0.624. The first-order chi connectivity index (χ1) is 11.8. The molecule has 26 heavy (non-hydrogen) atoms. The average Bonchev–Trinajstić information content (AvgIpc) is 2.88. The van der Waals surface area contributed by atoms with E-state index in [1.54, 1.807) is 11.3 Å². The number of halogens is 1. The Morgan fingerprint density at radius 3 is 2.27 bits per heavy atom. The summed E-state index contributed by atoms with van der Waals surface area (Å²) >= 11 is 1.59. The van der Waals surface area contributed by atoms with Crippen LogP contribution in [0.2, 0.25) is 0 Å². The highest BCUT2D eigenvalue weighted by molar-refractivity contribution is 7.09. The zero-order valence-corrected chi connectivity index (χ0v) is 18.6. The molecular formula is C20H29BrN2O2S. The van der Waals surface area contributed by atoms with Crippen LogP contribution < -0.4 is 26.9 Å². The van der Waals surface area contributed by atoms with E-state index in [0.717, 1.165) is 16.3 Å². The van der Waals surface area contributed by atoms with Crippen molar-refractivity contribution in [2.24, 2.45) is 0 Å². The maximum atomic E-state index is 12.7. The molecule has 2 N–H and O–H groups in total. The number of thiazole rings is 1. The van der Waals surface area contributed by atoms with Crippen LogP contribution in [0.15, 0.2) is 23.7 Å². The third-order valence-corrected chi connectivity index (χ3v) is 5.59. The number of benzene rings is 1. The Morgan fingerprint density at radius 2 is 1.77 bits per heavy atom. The van der Waals surface area contributed by atoms with Gasteiger partial charge in [0.25, 0.3) is 5.91 Å². The van der Waals surface area contributed by atoms with E-state index in [1.807, 2.05) is 17.0 Å². The minimum absolute atomic E-state index is 0. The number of amides is 1. The maximum absolute atomic E-state index is 12.7. The van der Waals surface area contributed by atoms with Gasteiger partial charge in [0.2, 0.25) is 12.1 Å². The van der Waals surface area contributed by atoms with Gasteiger partial charge in [0.1, 0.15) is 0 Å². The molecule has 4 nitrogen and oxygen atoms in total. The molecule has 0 spiro atoms. The number of hydrogen-bond donors (Lipinski definition) is 2. The van der Waals surface area contributed by atoms with Gasteiger partial charge in [0.15, 0.2) is 5.69 Å². The van der Waals surface area contributed by atoms with Crippen LogP contribution in [0.4, 0.5) is 5.69 Å². The zero-order chi connectivity index (χ0) is 18.6. The Bertz CT molecular complexity index is 715. The van der Waals surface area contributed by atoms with E-state index in [9.17, 15) is 4.79 Å². The molecule has 0 unspecified atom stereocenters. The largest absolute Gasteiger partial charge is 1.00 e. The standard InChI is InChI=1S/C20H28N2O2S.BrH/c1-13(2)16-7-6-8-17(14(3)4)20(16)21-19(24)11-22-12-25-18(9-10-23)15(22)5;/h6-8,12-14,23H,9-11H2,1-5H3;1H. The topological polar surface area (TPSA) is 53.2 Å². The number of aromatic nitrogens is 1. The smallest absolute Gasteiger partial charge is 0.290 e. The third kappa shape index (κ3) is 5.38. The predicted molar refractivity (Wildman–Crippen MR) is 103 cm³/mol. The van der Waals surface area contributed by atoms with Crippen molar-refractivity contribution in [3.63, 3.8) is 0 Å². The molecule has 1 heterocycles. The van der Waals surface area contributed by atoms with Gasteiger partial charge in [-0.3, -0.25) is 4.79 Å². The summed E-state index contributed by atoms with van der Waals surface area (Å²) in [4.78, 5) is 13.8. The summed E-state index contributed by atoms with van der Waals surface area (Å²) in [6, 6.07) is 6.25. The fraction of sp³-hybridized carbons (Fsp3) is 0.500. The second-order valence-electron chi connectivity index (χ2n) is 7.00. The number of aliphatic hydroxyl groups is 1. The number of aliphatic hydroxyl groups excluding tert-OH is 1. The number of anilines is 1. The molecule has 1 aromatic heterocycles. The van der Waals surface area contributed by atoms with Gasteiger partial charge in [-0.25, -0.2) is 0 Å². The van der Waals surface area contributed by atoms with Gasteiger partial charge in [-0.15, -0.1) is 0 Å². The monoisotopic (exact) mass is 440 g/mol. The van der Waals surface area contributed by atoms with Crippen molar-refractivity contribution in [2.75, 3.05) is 11.9 Å². The van der Waals surface area contributed by atoms with Gasteiger partial charge in [0, 0.05) is 25.6 Å². The van der Waals surface area contributed by atoms with Gasteiger partial charge < -0.3 is 27.4 Å². The first kappa shape index (κ1) is 22.8. The number of nitrogens with zero attached hydrogens (tertiary/aromatic N) is 1.